The van der Waals surface area contributed by atoms with Crippen LogP contribution in [0.25, 0.3) is 5.57 Å². The van der Waals surface area contributed by atoms with Crippen molar-refractivity contribution in [3.05, 3.63) is 64.5 Å². The van der Waals surface area contributed by atoms with Gasteiger partial charge >= 0.3 is 0 Å². The summed E-state index contributed by atoms with van der Waals surface area (Å²) in [5, 5.41) is 10.0. The Balaban J connectivity index is 1.90. The van der Waals surface area contributed by atoms with E-state index in [-0.39, 0.29) is 23.7 Å². The Hall–Kier alpha value is -2.62. The number of carbonyl (C=O) groups is 1. The first-order chi connectivity index (χ1) is 12.1. The highest BCUT2D eigenvalue weighted by Crippen LogP contribution is 2.35. The SMILES string of the molecule is Cc1ccc(OCC2=C(c3ccccc3F)CCCC2)c(C=O)c1O. The molecule has 0 radical (unpaired) electrons. The monoisotopic (exact) mass is 340 g/mol. The maximum Gasteiger partial charge on any atom is 0.157 e. The number of phenolic OH excluding ortho intramolecular Hbond substituents is 1. The van der Waals surface area contributed by atoms with Crippen LogP contribution in [0.1, 0.15) is 47.2 Å². The smallest absolute Gasteiger partial charge is 0.157 e. The van der Waals surface area contributed by atoms with Crippen LogP contribution >= 0.6 is 0 Å². The van der Waals surface area contributed by atoms with Crippen LogP contribution in [0, 0.1) is 12.7 Å². The third-order valence-electron chi connectivity index (χ3n) is 4.68. The van der Waals surface area contributed by atoms with E-state index >= 15 is 0 Å². The molecular weight excluding hydrogens is 319 g/mol. The van der Waals surface area contributed by atoms with Gasteiger partial charge in [0, 0.05) is 5.56 Å². The molecule has 0 saturated carbocycles. The Kier molecular flexibility index (Phi) is 5.17. The molecule has 0 atom stereocenters. The van der Waals surface area contributed by atoms with E-state index in [1.807, 2.05) is 6.07 Å². The molecule has 0 heterocycles. The van der Waals surface area contributed by atoms with Gasteiger partial charge in [0.1, 0.15) is 23.9 Å². The zero-order valence-electron chi connectivity index (χ0n) is 14.2. The summed E-state index contributed by atoms with van der Waals surface area (Å²) in [6.07, 6.45) is 4.33. The minimum atomic E-state index is -0.224. The zero-order chi connectivity index (χ0) is 17.8. The van der Waals surface area contributed by atoms with Crippen LogP contribution in [-0.4, -0.2) is 18.0 Å². The van der Waals surface area contributed by atoms with E-state index in [4.69, 9.17) is 4.74 Å². The highest BCUT2D eigenvalue weighted by atomic mass is 19.1. The summed E-state index contributed by atoms with van der Waals surface area (Å²) < 4.78 is 20.0. The predicted octanol–water partition coefficient (Wildman–Crippen LogP) is 5.06. The lowest BCUT2D eigenvalue weighted by molar-refractivity contribution is 0.111. The summed E-state index contributed by atoms with van der Waals surface area (Å²) in [6.45, 7) is 2.01. The lowest BCUT2D eigenvalue weighted by Crippen LogP contribution is -2.10. The van der Waals surface area contributed by atoms with E-state index < -0.39 is 0 Å². The number of aryl methyl sites for hydroxylation is 1. The van der Waals surface area contributed by atoms with Crippen LogP contribution in [-0.2, 0) is 0 Å². The molecule has 3 rings (SSSR count). The number of carbonyl (C=O) groups excluding carboxylic acids is 1. The van der Waals surface area contributed by atoms with Gasteiger partial charge in [0.05, 0.1) is 5.56 Å². The molecule has 4 heteroatoms. The number of hydrogen-bond acceptors (Lipinski definition) is 3. The molecule has 3 nitrogen and oxygen atoms in total. The number of allylic oxidation sites excluding steroid dienone is 1. The third-order valence-corrected chi connectivity index (χ3v) is 4.68. The Labute approximate surface area is 146 Å². The largest absolute Gasteiger partial charge is 0.507 e. The van der Waals surface area contributed by atoms with Gasteiger partial charge in [-0.25, -0.2) is 4.39 Å². The quantitative estimate of drug-likeness (QED) is 0.774. The molecule has 130 valence electrons. The second kappa shape index (κ2) is 7.51. The van der Waals surface area contributed by atoms with E-state index in [1.54, 1.807) is 31.2 Å². The van der Waals surface area contributed by atoms with Gasteiger partial charge in [0.25, 0.3) is 0 Å². The number of rotatable bonds is 5. The fraction of sp³-hybridized carbons (Fsp3) is 0.286. The van der Waals surface area contributed by atoms with Gasteiger partial charge in [0.15, 0.2) is 6.29 Å². The van der Waals surface area contributed by atoms with Crippen molar-refractivity contribution >= 4 is 11.9 Å². The van der Waals surface area contributed by atoms with Crippen molar-refractivity contribution < 1.29 is 19.0 Å². The minimum Gasteiger partial charge on any atom is -0.507 e. The number of halogens is 1. The van der Waals surface area contributed by atoms with Crippen LogP contribution in [0.3, 0.4) is 0 Å². The summed E-state index contributed by atoms with van der Waals surface area (Å²) in [6, 6.07) is 10.2. The maximum atomic E-state index is 14.2. The Bertz CT molecular complexity index is 824. The number of hydrogen-bond donors (Lipinski definition) is 1. The van der Waals surface area contributed by atoms with Crippen molar-refractivity contribution in [1.29, 1.82) is 0 Å². The summed E-state index contributed by atoms with van der Waals surface area (Å²) >= 11 is 0. The molecule has 0 aliphatic heterocycles. The predicted molar refractivity (Wildman–Crippen MR) is 95.5 cm³/mol. The van der Waals surface area contributed by atoms with Crippen molar-refractivity contribution in [2.75, 3.05) is 6.61 Å². The van der Waals surface area contributed by atoms with Crippen molar-refractivity contribution in [2.45, 2.75) is 32.6 Å². The molecule has 1 aliphatic rings. The Morgan fingerprint density at radius 1 is 1.16 bits per heavy atom. The van der Waals surface area contributed by atoms with Crippen molar-refractivity contribution in [2.24, 2.45) is 0 Å². The maximum absolute atomic E-state index is 14.2. The topological polar surface area (TPSA) is 46.5 Å². The fourth-order valence-electron chi connectivity index (χ4n) is 3.26. The summed E-state index contributed by atoms with van der Waals surface area (Å²) in [4.78, 5) is 11.3. The normalized spacial score (nSPS) is 14.5. The van der Waals surface area contributed by atoms with Gasteiger partial charge in [0.2, 0.25) is 0 Å². The molecule has 2 aromatic carbocycles. The molecule has 0 bridgehead atoms. The van der Waals surface area contributed by atoms with Crippen LogP contribution in [0.5, 0.6) is 11.5 Å². The average Bonchev–Trinajstić information content (AvgIpc) is 2.63. The van der Waals surface area contributed by atoms with E-state index in [0.717, 1.165) is 36.8 Å². The van der Waals surface area contributed by atoms with E-state index in [9.17, 15) is 14.3 Å². The fourth-order valence-corrected chi connectivity index (χ4v) is 3.26. The molecule has 0 spiro atoms. The molecular formula is C21H21FO3. The summed E-state index contributed by atoms with van der Waals surface area (Å²) in [5.74, 6) is 0.0713. The minimum absolute atomic E-state index is 0.0561. The van der Waals surface area contributed by atoms with Crippen LogP contribution in [0.4, 0.5) is 4.39 Å². The summed E-state index contributed by atoms with van der Waals surface area (Å²) in [7, 11) is 0. The number of aromatic hydroxyl groups is 1. The first-order valence-electron chi connectivity index (χ1n) is 8.48. The lowest BCUT2D eigenvalue weighted by atomic mass is 9.87. The molecule has 25 heavy (non-hydrogen) atoms. The number of benzene rings is 2. The second-order valence-corrected chi connectivity index (χ2v) is 6.32. The molecule has 0 fully saturated rings. The molecule has 0 unspecified atom stereocenters. The molecule has 1 aliphatic carbocycles. The molecule has 1 N–H and O–H groups in total. The van der Waals surface area contributed by atoms with E-state index in [2.05, 4.69) is 0 Å². The molecule has 2 aromatic rings. The number of phenols is 1. The van der Waals surface area contributed by atoms with E-state index in [0.29, 0.717) is 23.2 Å². The zero-order valence-corrected chi connectivity index (χ0v) is 14.2. The number of aldehydes is 1. The highest BCUT2D eigenvalue weighted by molar-refractivity contribution is 5.84. The van der Waals surface area contributed by atoms with Crippen LogP contribution in [0.15, 0.2) is 42.0 Å². The van der Waals surface area contributed by atoms with Gasteiger partial charge in [-0.15, -0.1) is 0 Å². The first-order valence-corrected chi connectivity index (χ1v) is 8.48. The van der Waals surface area contributed by atoms with Crippen molar-refractivity contribution in [3.63, 3.8) is 0 Å². The van der Waals surface area contributed by atoms with Crippen LogP contribution < -0.4 is 4.74 Å². The first kappa shape index (κ1) is 17.2. The molecule has 0 aromatic heterocycles. The second-order valence-electron chi connectivity index (χ2n) is 6.32. The standard InChI is InChI=1S/C21H21FO3/c1-14-10-11-20(18(12-23)21(14)24)25-13-15-6-2-3-7-16(15)17-8-4-5-9-19(17)22/h4-5,8-12,24H,2-3,6-7,13H2,1H3. The van der Waals surface area contributed by atoms with Gasteiger partial charge in [-0.1, -0.05) is 24.3 Å². The van der Waals surface area contributed by atoms with Crippen molar-refractivity contribution in [3.8, 4) is 11.5 Å². The molecule has 0 saturated heterocycles. The Morgan fingerprint density at radius 3 is 2.68 bits per heavy atom. The third kappa shape index (κ3) is 3.58. The highest BCUT2D eigenvalue weighted by Gasteiger charge is 2.18. The lowest BCUT2D eigenvalue weighted by Gasteiger charge is -2.22. The van der Waals surface area contributed by atoms with Crippen molar-refractivity contribution in [1.82, 2.24) is 0 Å². The van der Waals surface area contributed by atoms with E-state index in [1.165, 1.54) is 6.07 Å². The molecule has 0 amide bonds. The van der Waals surface area contributed by atoms with Gasteiger partial charge in [-0.3, -0.25) is 4.79 Å². The Morgan fingerprint density at radius 2 is 1.92 bits per heavy atom. The van der Waals surface area contributed by atoms with Gasteiger partial charge < -0.3 is 9.84 Å². The van der Waals surface area contributed by atoms with Gasteiger partial charge in [-0.2, -0.15) is 0 Å². The average molecular weight is 340 g/mol. The van der Waals surface area contributed by atoms with Crippen LogP contribution in [0.2, 0.25) is 0 Å². The van der Waals surface area contributed by atoms with Gasteiger partial charge in [-0.05, 0) is 61.4 Å². The number of ether oxygens (including phenoxy) is 1. The summed E-state index contributed by atoms with van der Waals surface area (Å²) in [5.41, 5.74) is 3.45.